The minimum absolute atomic E-state index is 0.0117. The molecule has 1 N–H and O–H groups in total. The van der Waals surface area contributed by atoms with E-state index in [9.17, 15) is 28.1 Å². The molecule has 0 fully saturated rings. The minimum atomic E-state index is -4.13. The summed E-state index contributed by atoms with van der Waals surface area (Å²) in [5, 5.41) is 14.6. The van der Waals surface area contributed by atoms with Crippen LogP contribution < -0.4 is 10.1 Å². The second kappa shape index (κ2) is 15.8. The zero-order valence-corrected chi connectivity index (χ0v) is 26.3. The molecule has 0 aliphatic rings. The van der Waals surface area contributed by atoms with E-state index in [0.29, 0.717) is 29.0 Å². The van der Waals surface area contributed by atoms with Gasteiger partial charge in [-0.05, 0) is 42.3 Å². The van der Waals surface area contributed by atoms with Crippen LogP contribution in [-0.4, -0.2) is 62.2 Å². The Labute approximate surface area is 268 Å². The van der Waals surface area contributed by atoms with Crippen LogP contribution in [0.25, 0.3) is 0 Å². The van der Waals surface area contributed by atoms with Crippen LogP contribution in [0.1, 0.15) is 34.8 Å². The number of carbonyl (C=O) groups excluding carboxylic acids is 2. The lowest BCUT2D eigenvalue weighted by Gasteiger charge is -2.22. The monoisotopic (exact) mass is 645 g/mol. The minimum Gasteiger partial charge on any atom is -0.492 e. The first-order valence-corrected chi connectivity index (χ1v) is 16.1. The molecule has 0 unspecified atom stereocenters. The number of hydrogen-bond acceptors (Lipinski definition) is 9. The molecule has 0 amide bonds. The average Bonchev–Trinajstić information content (AvgIpc) is 3.08. The van der Waals surface area contributed by atoms with Gasteiger partial charge in [0.25, 0.3) is 5.69 Å². The van der Waals surface area contributed by atoms with Crippen molar-refractivity contribution in [3.05, 3.63) is 130 Å². The second-order valence-corrected chi connectivity index (χ2v) is 12.2. The van der Waals surface area contributed by atoms with Crippen LogP contribution in [-0.2, 0) is 26.0 Å². The highest BCUT2D eigenvalue weighted by Crippen LogP contribution is 2.27. The van der Waals surface area contributed by atoms with Crippen LogP contribution >= 0.6 is 0 Å². The van der Waals surface area contributed by atoms with Gasteiger partial charge in [0.1, 0.15) is 18.4 Å². The number of anilines is 1. The quantitative estimate of drug-likeness (QED) is 0.0722. The maximum Gasteiger partial charge on any atom is 0.328 e. The average molecular weight is 646 g/mol. The van der Waals surface area contributed by atoms with Gasteiger partial charge in [0, 0.05) is 42.4 Å². The molecule has 0 heterocycles. The van der Waals surface area contributed by atoms with Crippen molar-refractivity contribution in [3.8, 4) is 5.75 Å². The van der Waals surface area contributed by atoms with Crippen molar-refractivity contribution in [1.29, 1.82) is 0 Å². The first kappa shape index (κ1) is 33.8. The van der Waals surface area contributed by atoms with Gasteiger partial charge in [-0.2, -0.15) is 4.31 Å². The molecule has 4 aromatic rings. The topological polar surface area (TPSA) is 145 Å². The molecule has 0 aliphatic carbocycles. The lowest BCUT2D eigenvalue weighted by molar-refractivity contribution is -0.387. The number of nitro groups is 1. The number of ether oxygens (including phenoxy) is 2. The molecule has 0 radical (unpaired) electrons. The molecular weight excluding hydrogens is 610 g/mol. The lowest BCUT2D eigenvalue weighted by atomic mass is 10.00. The Hall–Kier alpha value is -5.07. The maximum atomic E-state index is 13.3. The van der Waals surface area contributed by atoms with Crippen LogP contribution in [0.15, 0.2) is 108 Å². The second-order valence-electron chi connectivity index (χ2n) is 10.3. The Kier molecular flexibility index (Phi) is 11.6. The van der Waals surface area contributed by atoms with E-state index in [1.807, 2.05) is 13.0 Å². The lowest BCUT2D eigenvalue weighted by Crippen LogP contribution is -2.35. The third-order valence-corrected chi connectivity index (χ3v) is 9.09. The fraction of sp³-hybridized carbons (Fsp3) is 0.235. The summed E-state index contributed by atoms with van der Waals surface area (Å²) in [4.78, 5) is 36.3. The molecule has 0 saturated heterocycles. The summed E-state index contributed by atoms with van der Waals surface area (Å²) < 4.78 is 38.6. The molecule has 12 heteroatoms. The normalized spacial score (nSPS) is 11.9. The van der Waals surface area contributed by atoms with E-state index >= 15 is 0 Å². The number of nitro benzene ring substituents is 1. The van der Waals surface area contributed by atoms with Gasteiger partial charge in [0.2, 0.25) is 10.0 Å². The fourth-order valence-corrected chi connectivity index (χ4v) is 6.54. The largest absolute Gasteiger partial charge is 0.492 e. The number of nitrogens with one attached hydrogen (secondary N) is 1. The van der Waals surface area contributed by atoms with E-state index in [4.69, 9.17) is 9.47 Å². The number of ketones is 1. The number of nitrogens with zero attached hydrogens (tertiary/aromatic N) is 2. The highest BCUT2D eigenvalue weighted by atomic mass is 32.2. The molecule has 240 valence electrons. The number of rotatable bonds is 16. The molecule has 0 saturated carbocycles. The molecule has 4 aromatic carbocycles. The molecule has 46 heavy (non-hydrogen) atoms. The highest BCUT2D eigenvalue weighted by molar-refractivity contribution is 7.89. The van der Waals surface area contributed by atoms with Crippen molar-refractivity contribution in [2.24, 2.45) is 0 Å². The number of methoxy groups -OCH3 is 1. The Morgan fingerprint density at radius 1 is 0.891 bits per heavy atom. The summed E-state index contributed by atoms with van der Waals surface area (Å²) in [6.07, 6.45) is 0.758. The molecule has 4 rings (SSSR count). The molecule has 0 aliphatic heterocycles. The van der Waals surface area contributed by atoms with E-state index in [0.717, 1.165) is 5.56 Å². The Balaban J connectivity index is 1.42. The van der Waals surface area contributed by atoms with E-state index in [2.05, 4.69) is 5.32 Å². The van der Waals surface area contributed by atoms with Crippen molar-refractivity contribution < 1.29 is 32.4 Å². The predicted molar refractivity (Wildman–Crippen MR) is 174 cm³/mol. The molecule has 11 nitrogen and oxygen atoms in total. The van der Waals surface area contributed by atoms with Gasteiger partial charge in [-0.15, -0.1) is 0 Å². The fourth-order valence-electron chi connectivity index (χ4n) is 4.86. The summed E-state index contributed by atoms with van der Waals surface area (Å²) in [7, 11) is -2.84. The Morgan fingerprint density at radius 2 is 1.54 bits per heavy atom. The number of hydrogen-bond donors (Lipinski definition) is 1. The molecular formula is C34H35N3O8S. The van der Waals surface area contributed by atoms with Crippen LogP contribution in [0.5, 0.6) is 5.75 Å². The van der Waals surface area contributed by atoms with Crippen LogP contribution in [0.2, 0.25) is 0 Å². The molecule has 0 aromatic heterocycles. The summed E-state index contributed by atoms with van der Waals surface area (Å²) in [5.41, 5.74) is 1.75. The third-order valence-electron chi connectivity index (χ3n) is 7.15. The maximum absolute atomic E-state index is 13.3. The number of benzene rings is 4. The van der Waals surface area contributed by atoms with Crippen LogP contribution in [0.3, 0.4) is 0 Å². The van der Waals surface area contributed by atoms with Crippen molar-refractivity contribution in [1.82, 2.24) is 4.31 Å². The van der Waals surface area contributed by atoms with Gasteiger partial charge in [0.15, 0.2) is 10.7 Å². The van der Waals surface area contributed by atoms with Gasteiger partial charge >= 0.3 is 5.97 Å². The van der Waals surface area contributed by atoms with E-state index in [1.165, 1.54) is 35.7 Å². The van der Waals surface area contributed by atoms with Crippen LogP contribution in [0.4, 0.5) is 11.4 Å². The first-order valence-electron chi connectivity index (χ1n) is 14.6. The molecule has 1 atom stereocenters. The van der Waals surface area contributed by atoms with E-state index in [1.54, 1.807) is 72.8 Å². The number of sulfonamides is 1. The van der Waals surface area contributed by atoms with Gasteiger partial charge in [0.05, 0.1) is 12.0 Å². The zero-order chi connectivity index (χ0) is 33.1. The van der Waals surface area contributed by atoms with E-state index < -0.39 is 32.6 Å². The summed E-state index contributed by atoms with van der Waals surface area (Å²) in [6, 6.07) is 27.3. The smallest absolute Gasteiger partial charge is 0.328 e. The Morgan fingerprint density at radius 3 is 2.22 bits per heavy atom. The zero-order valence-electron chi connectivity index (χ0n) is 25.5. The third kappa shape index (κ3) is 8.34. The summed E-state index contributed by atoms with van der Waals surface area (Å²) in [6.45, 7) is 1.98. The van der Waals surface area contributed by atoms with Gasteiger partial charge < -0.3 is 14.8 Å². The SMILES string of the molecule is CCCN(CCOc1ccc(C[C@H](Nc2ccccc2C(=O)c2ccccc2)C(=O)OC)cc1)S(=O)(=O)c1ccccc1[N+](=O)[O-]. The number of para-hydroxylation sites is 2. The van der Waals surface area contributed by atoms with Gasteiger partial charge in [-0.25, -0.2) is 13.2 Å². The van der Waals surface area contributed by atoms with Gasteiger partial charge in [-0.1, -0.05) is 73.7 Å². The highest BCUT2D eigenvalue weighted by Gasteiger charge is 2.31. The summed E-state index contributed by atoms with van der Waals surface area (Å²) >= 11 is 0. The van der Waals surface area contributed by atoms with Gasteiger partial charge in [-0.3, -0.25) is 14.9 Å². The molecule has 0 spiro atoms. The number of esters is 1. The van der Waals surface area contributed by atoms with Crippen molar-refractivity contribution in [2.45, 2.75) is 30.7 Å². The number of carbonyl (C=O) groups is 2. The molecule has 0 bridgehead atoms. The van der Waals surface area contributed by atoms with E-state index in [-0.39, 0.29) is 36.8 Å². The van der Waals surface area contributed by atoms with Crippen LogP contribution in [0, 0.1) is 10.1 Å². The van der Waals surface area contributed by atoms with Crippen molar-refractivity contribution in [3.63, 3.8) is 0 Å². The predicted octanol–water partition coefficient (Wildman–Crippen LogP) is 5.50. The summed E-state index contributed by atoms with van der Waals surface area (Å²) in [5.74, 6) is -0.205. The Bertz CT molecular complexity index is 1760. The van der Waals surface area contributed by atoms with Crippen molar-refractivity contribution in [2.75, 3.05) is 32.1 Å². The first-order chi connectivity index (χ1) is 22.1. The standard InChI is InChI=1S/C34H35N3O8S/c1-3-21-36(46(42,43)32-16-10-9-15-31(32)37(40)41)22-23-45-27-19-17-25(18-20-27)24-30(34(39)44-2)35-29-14-8-7-13-28(29)33(38)26-11-5-4-6-12-26/h4-20,30,35H,3,21-24H2,1-2H3/t30-/m0/s1. The van der Waals surface area contributed by atoms with Crippen molar-refractivity contribution >= 4 is 33.2 Å².